The fourth-order valence-electron chi connectivity index (χ4n) is 2.33. The molecule has 1 heterocycles. The van der Waals surface area contributed by atoms with Gasteiger partial charge < -0.3 is 15.0 Å². The molecule has 0 spiro atoms. The molecule has 1 N–H and O–H groups in total. The van der Waals surface area contributed by atoms with Crippen LogP contribution in [-0.4, -0.2) is 38.5 Å². The number of hydrogen-bond acceptors (Lipinski definition) is 4. The molecule has 0 aromatic heterocycles. The minimum Gasteiger partial charge on any atom is -0.469 e. The van der Waals surface area contributed by atoms with Crippen LogP contribution in [0.25, 0.3) is 0 Å². The minimum atomic E-state index is -0.518. The van der Waals surface area contributed by atoms with Crippen molar-refractivity contribution < 1.29 is 19.1 Å². The Bertz CT molecular complexity index is 603. The van der Waals surface area contributed by atoms with Crippen molar-refractivity contribution in [3.05, 3.63) is 28.8 Å². The molecule has 1 aromatic carbocycles. The predicted molar refractivity (Wildman–Crippen MR) is 77.3 cm³/mol. The number of nitrogens with one attached hydrogen (secondary N) is 1. The van der Waals surface area contributed by atoms with Crippen molar-refractivity contribution in [3.63, 3.8) is 0 Å². The number of methoxy groups -OCH3 is 1. The Balaban J connectivity index is 2.36. The quantitative estimate of drug-likeness (QED) is 0.852. The van der Waals surface area contributed by atoms with E-state index < -0.39 is 11.9 Å². The number of carbonyl (C=O) groups is 3. The number of amides is 2. The van der Waals surface area contributed by atoms with Crippen molar-refractivity contribution in [1.29, 1.82) is 0 Å². The fourth-order valence-corrected chi connectivity index (χ4v) is 2.50. The molecule has 2 amide bonds. The van der Waals surface area contributed by atoms with Crippen LogP contribution in [-0.2, 0) is 14.3 Å². The van der Waals surface area contributed by atoms with E-state index in [-0.39, 0.29) is 24.8 Å². The number of carbonyl (C=O) groups excluding carboxylic acids is 3. The standard InChI is InChI=1S/C14H15ClN2O4/c1-16-13(19)10-6-9(15)3-4-11(10)17-7-8(5-12(17)18)14(20)21-2/h3-4,6,8H,5,7H2,1-2H3,(H,16,19). The molecule has 1 aromatic rings. The molecule has 1 saturated heterocycles. The summed E-state index contributed by atoms with van der Waals surface area (Å²) in [5.41, 5.74) is 0.735. The van der Waals surface area contributed by atoms with Gasteiger partial charge >= 0.3 is 5.97 Å². The van der Waals surface area contributed by atoms with E-state index in [0.717, 1.165) is 0 Å². The van der Waals surface area contributed by atoms with Crippen LogP contribution in [0.15, 0.2) is 18.2 Å². The lowest BCUT2D eigenvalue weighted by Gasteiger charge is -2.19. The second kappa shape index (κ2) is 6.13. The number of hydrogen-bond donors (Lipinski definition) is 1. The second-order valence-electron chi connectivity index (χ2n) is 4.67. The average Bonchev–Trinajstić information content (AvgIpc) is 2.87. The van der Waals surface area contributed by atoms with Crippen LogP contribution in [0.1, 0.15) is 16.8 Å². The maximum absolute atomic E-state index is 12.1. The number of benzene rings is 1. The number of esters is 1. The monoisotopic (exact) mass is 310 g/mol. The summed E-state index contributed by atoms with van der Waals surface area (Å²) in [6, 6.07) is 4.70. The van der Waals surface area contributed by atoms with Crippen molar-refractivity contribution in [2.24, 2.45) is 5.92 Å². The van der Waals surface area contributed by atoms with Gasteiger partial charge in [0.25, 0.3) is 5.91 Å². The van der Waals surface area contributed by atoms with Gasteiger partial charge in [-0.3, -0.25) is 14.4 Å². The summed E-state index contributed by atoms with van der Waals surface area (Å²) in [6.07, 6.45) is 0.0719. The van der Waals surface area contributed by atoms with E-state index in [9.17, 15) is 14.4 Å². The number of rotatable bonds is 3. The van der Waals surface area contributed by atoms with Gasteiger partial charge in [-0.25, -0.2) is 0 Å². The molecule has 7 heteroatoms. The van der Waals surface area contributed by atoms with Crippen molar-refractivity contribution in [3.8, 4) is 0 Å². The highest BCUT2D eigenvalue weighted by Crippen LogP contribution is 2.30. The predicted octanol–water partition coefficient (Wildman–Crippen LogP) is 1.23. The topological polar surface area (TPSA) is 75.7 Å². The molecule has 6 nitrogen and oxygen atoms in total. The van der Waals surface area contributed by atoms with E-state index in [0.29, 0.717) is 16.3 Å². The van der Waals surface area contributed by atoms with Crippen LogP contribution in [0.5, 0.6) is 0 Å². The minimum absolute atomic E-state index is 0.0719. The molecule has 0 bridgehead atoms. The maximum Gasteiger partial charge on any atom is 0.311 e. The number of ether oxygens (including phenoxy) is 1. The highest BCUT2D eigenvalue weighted by Gasteiger charge is 2.37. The molecular weight excluding hydrogens is 296 g/mol. The van der Waals surface area contributed by atoms with Crippen LogP contribution in [0.4, 0.5) is 5.69 Å². The third kappa shape index (κ3) is 3.00. The van der Waals surface area contributed by atoms with Gasteiger partial charge in [0.2, 0.25) is 5.91 Å². The first-order valence-electron chi connectivity index (χ1n) is 6.37. The normalized spacial score (nSPS) is 17.8. The zero-order valence-electron chi connectivity index (χ0n) is 11.7. The van der Waals surface area contributed by atoms with E-state index >= 15 is 0 Å². The van der Waals surface area contributed by atoms with Gasteiger partial charge in [0.1, 0.15) is 0 Å². The van der Waals surface area contributed by atoms with Crippen LogP contribution >= 0.6 is 11.6 Å². The Hall–Kier alpha value is -2.08. The van der Waals surface area contributed by atoms with Gasteiger partial charge in [0, 0.05) is 25.0 Å². The molecule has 1 unspecified atom stereocenters. The molecule has 1 aliphatic heterocycles. The lowest BCUT2D eigenvalue weighted by atomic mass is 10.1. The van der Waals surface area contributed by atoms with Crippen LogP contribution in [0.2, 0.25) is 5.02 Å². The van der Waals surface area contributed by atoms with Crippen molar-refractivity contribution >= 4 is 35.1 Å². The average molecular weight is 311 g/mol. The SMILES string of the molecule is CNC(=O)c1cc(Cl)ccc1N1CC(C(=O)OC)CC1=O. The van der Waals surface area contributed by atoms with Crippen molar-refractivity contribution in [1.82, 2.24) is 5.32 Å². The largest absolute Gasteiger partial charge is 0.469 e. The summed E-state index contributed by atoms with van der Waals surface area (Å²) >= 11 is 5.90. The Morgan fingerprint density at radius 3 is 2.76 bits per heavy atom. The molecule has 1 atom stereocenters. The summed E-state index contributed by atoms with van der Waals surface area (Å²) < 4.78 is 4.67. The lowest BCUT2D eigenvalue weighted by Crippen LogP contribution is -2.29. The highest BCUT2D eigenvalue weighted by molar-refractivity contribution is 6.31. The summed E-state index contributed by atoms with van der Waals surface area (Å²) in [4.78, 5) is 37.0. The Morgan fingerprint density at radius 1 is 1.43 bits per heavy atom. The van der Waals surface area contributed by atoms with Crippen molar-refractivity contribution in [2.45, 2.75) is 6.42 Å². The molecule has 112 valence electrons. The second-order valence-corrected chi connectivity index (χ2v) is 5.11. The van der Waals surface area contributed by atoms with Crippen molar-refractivity contribution in [2.75, 3.05) is 25.6 Å². The van der Waals surface area contributed by atoms with Crippen LogP contribution in [0, 0.1) is 5.92 Å². The molecular formula is C14H15ClN2O4. The zero-order chi connectivity index (χ0) is 15.6. The molecule has 1 fully saturated rings. The van der Waals surface area contributed by atoms with Crippen LogP contribution in [0.3, 0.4) is 0 Å². The van der Waals surface area contributed by atoms with E-state index in [1.165, 1.54) is 25.1 Å². The Morgan fingerprint density at radius 2 is 2.14 bits per heavy atom. The molecule has 21 heavy (non-hydrogen) atoms. The molecule has 2 rings (SSSR count). The van der Waals surface area contributed by atoms with Crippen LogP contribution < -0.4 is 10.2 Å². The Kier molecular flexibility index (Phi) is 4.47. The van der Waals surface area contributed by atoms with Gasteiger partial charge in [-0.1, -0.05) is 11.6 Å². The van der Waals surface area contributed by atoms with E-state index in [2.05, 4.69) is 10.1 Å². The number of nitrogens with zero attached hydrogens (tertiary/aromatic N) is 1. The fraction of sp³-hybridized carbons (Fsp3) is 0.357. The molecule has 1 aliphatic rings. The zero-order valence-corrected chi connectivity index (χ0v) is 12.4. The molecule has 0 radical (unpaired) electrons. The maximum atomic E-state index is 12.1. The van der Waals surface area contributed by atoms with E-state index in [4.69, 9.17) is 11.6 Å². The highest BCUT2D eigenvalue weighted by atomic mass is 35.5. The van der Waals surface area contributed by atoms with Gasteiger partial charge in [-0.2, -0.15) is 0 Å². The summed E-state index contributed by atoms with van der Waals surface area (Å²) in [5.74, 6) is -1.52. The van der Waals surface area contributed by atoms with Gasteiger partial charge in [-0.05, 0) is 18.2 Å². The summed E-state index contributed by atoms with van der Waals surface area (Å²) in [7, 11) is 2.78. The van der Waals surface area contributed by atoms with Gasteiger partial charge in [0.05, 0.1) is 24.3 Å². The van der Waals surface area contributed by atoms with E-state index in [1.54, 1.807) is 12.1 Å². The molecule has 0 saturated carbocycles. The van der Waals surface area contributed by atoms with E-state index in [1.807, 2.05) is 0 Å². The lowest BCUT2D eigenvalue weighted by molar-refractivity contribution is -0.145. The summed E-state index contributed by atoms with van der Waals surface area (Å²) in [5, 5.41) is 2.90. The third-order valence-corrected chi connectivity index (χ3v) is 3.62. The smallest absolute Gasteiger partial charge is 0.311 e. The number of anilines is 1. The first-order chi connectivity index (χ1) is 9.97. The molecule has 0 aliphatic carbocycles. The summed E-state index contributed by atoms with van der Waals surface area (Å²) in [6.45, 7) is 0.192. The first-order valence-corrected chi connectivity index (χ1v) is 6.75. The first kappa shape index (κ1) is 15.3. The Labute approximate surface area is 127 Å². The van der Waals surface area contributed by atoms with Gasteiger partial charge in [0.15, 0.2) is 0 Å². The third-order valence-electron chi connectivity index (χ3n) is 3.38. The van der Waals surface area contributed by atoms with Gasteiger partial charge in [-0.15, -0.1) is 0 Å². The number of halogens is 1.